The minimum absolute atomic E-state index is 0.0885. The fraction of sp³-hybridized carbons (Fsp3) is 0.257. The standard InChI is InChI=1S/C35H34ClN3O2S/c36-28-14-7-13-27(23-28)34-31-16-8-15-30(31)32-24-29(17-18-33(32)37-34)42(40,41)39-21-19-38(20-22-39)35(25-9-3-1-4-10-25)26-11-5-2-6-12-26/h1-15,17-18,23-24,30-31,34-35,37H,16,19-22H2. The van der Waals surface area contributed by atoms with E-state index < -0.39 is 10.0 Å². The molecule has 7 heteroatoms. The minimum atomic E-state index is -3.64. The van der Waals surface area contributed by atoms with Crippen LogP contribution in [0.5, 0.6) is 0 Å². The van der Waals surface area contributed by atoms with Crippen LogP contribution in [-0.4, -0.2) is 43.8 Å². The first kappa shape index (κ1) is 27.4. The topological polar surface area (TPSA) is 52.7 Å². The van der Waals surface area contributed by atoms with Crippen LogP contribution in [0.4, 0.5) is 5.69 Å². The summed E-state index contributed by atoms with van der Waals surface area (Å²) in [7, 11) is -3.64. The summed E-state index contributed by atoms with van der Waals surface area (Å²) in [6, 6.07) is 34.8. The highest BCUT2D eigenvalue weighted by Gasteiger charge is 2.39. The van der Waals surface area contributed by atoms with Gasteiger partial charge in [0.25, 0.3) is 0 Å². The Balaban J connectivity index is 1.12. The van der Waals surface area contributed by atoms with Crippen LogP contribution in [-0.2, 0) is 10.0 Å². The number of benzene rings is 4. The Kier molecular flexibility index (Phi) is 7.40. The van der Waals surface area contributed by atoms with E-state index in [0.29, 0.717) is 37.0 Å². The lowest BCUT2D eigenvalue weighted by molar-refractivity contribution is 0.156. The second kappa shape index (κ2) is 11.3. The maximum absolute atomic E-state index is 14.0. The third kappa shape index (κ3) is 5.07. The van der Waals surface area contributed by atoms with Gasteiger partial charge in [-0.1, -0.05) is 96.5 Å². The highest BCUT2D eigenvalue weighted by atomic mass is 35.5. The number of sulfonamides is 1. The van der Waals surface area contributed by atoms with Gasteiger partial charge >= 0.3 is 0 Å². The van der Waals surface area contributed by atoms with E-state index >= 15 is 0 Å². The maximum Gasteiger partial charge on any atom is 0.243 e. The Morgan fingerprint density at radius 3 is 2.14 bits per heavy atom. The van der Waals surface area contributed by atoms with Crippen LogP contribution in [0.1, 0.15) is 46.7 Å². The van der Waals surface area contributed by atoms with Gasteiger partial charge in [0.15, 0.2) is 0 Å². The zero-order valence-electron chi connectivity index (χ0n) is 23.3. The van der Waals surface area contributed by atoms with Crippen molar-refractivity contribution in [2.75, 3.05) is 31.5 Å². The number of piperazine rings is 1. The van der Waals surface area contributed by atoms with Gasteiger partial charge in [0.2, 0.25) is 10.0 Å². The van der Waals surface area contributed by atoms with Crippen LogP contribution < -0.4 is 5.32 Å². The molecule has 0 bridgehead atoms. The number of nitrogens with one attached hydrogen (secondary N) is 1. The summed E-state index contributed by atoms with van der Waals surface area (Å²) in [5.74, 6) is 0.472. The second-order valence-corrected chi connectivity index (χ2v) is 13.8. The van der Waals surface area contributed by atoms with E-state index in [2.05, 4.69) is 77.0 Å². The summed E-state index contributed by atoms with van der Waals surface area (Å²) in [6.07, 6.45) is 5.40. The van der Waals surface area contributed by atoms with E-state index in [0.717, 1.165) is 28.3 Å². The Labute approximate surface area is 253 Å². The van der Waals surface area contributed by atoms with Crippen LogP contribution in [0, 0.1) is 5.92 Å². The van der Waals surface area contributed by atoms with Crippen LogP contribution >= 0.6 is 11.6 Å². The lowest BCUT2D eigenvalue weighted by Crippen LogP contribution is -2.49. The molecular formula is C35H34ClN3O2S. The molecular weight excluding hydrogens is 562 g/mol. The molecule has 1 saturated heterocycles. The van der Waals surface area contributed by atoms with Crippen LogP contribution in [0.2, 0.25) is 5.02 Å². The van der Waals surface area contributed by atoms with Crippen molar-refractivity contribution >= 4 is 27.3 Å². The van der Waals surface area contributed by atoms with Gasteiger partial charge in [0.05, 0.1) is 17.0 Å². The van der Waals surface area contributed by atoms with Crippen LogP contribution in [0.25, 0.3) is 0 Å². The molecule has 214 valence electrons. The molecule has 3 atom stereocenters. The molecule has 1 fully saturated rings. The van der Waals surface area contributed by atoms with E-state index in [1.807, 2.05) is 42.5 Å². The van der Waals surface area contributed by atoms with Gasteiger partial charge in [0.1, 0.15) is 0 Å². The van der Waals surface area contributed by atoms with Crippen molar-refractivity contribution in [3.05, 3.63) is 143 Å². The summed E-state index contributed by atoms with van der Waals surface area (Å²) < 4.78 is 29.6. The Morgan fingerprint density at radius 1 is 0.786 bits per heavy atom. The molecule has 0 spiro atoms. The highest BCUT2D eigenvalue weighted by molar-refractivity contribution is 7.89. The smallest absolute Gasteiger partial charge is 0.243 e. The van der Waals surface area contributed by atoms with E-state index in [9.17, 15) is 8.42 Å². The highest BCUT2D eigenvalue weighted by Crippen LogP contribution is 2.50. The normalized spacial score (nSPS) is 22.5. The first-order chi connectivity index (χ1) is 20.5. The number of rotatable bonds is 6. The monoisotopic (exact) mass is 595 g/mol. The Morgan fingerprint density at radius 2 is 1.48 bits per heavy atom. The van der Waals surface area contributed by atoms with Crippen molar-refractivity contribution in [2.24, 2.45) is 5.92 Å². The van der Waals surface area contributed by atoms with Crippen molar-refractivity contribution in [1.29, 1.82) is 0 Å². The van der Waals surface area contributed by atoms with Gasteiger partial charge in [-0.2, -0.15) is 4.31 Å². The fourth-order valence-electron chi connectivity index (χ4n) is 7.00. The third-order valence-corrected chi connectivity index (χ3v) is 11.2. The number of hydrogen-bond donors (Lipinski definition) is 1. The lowest BCUT2D eigenvalue weighted by atomic mass is 9.77. The zero-order chi connectivity index (χ0) is 28.7. The van der Waals surface area contributed by atoms with Crippen molar-refractivity contribution in [2.45, 2.75) is 29.3 Å². The predicted molar refractivity (Wildman–Crippen MR) is 169 cm³/mol. The van der Waals surface area contributed by atoms with Gasteiger partial charge in [0, 0.05) is 42.8 Å². The van der Waals surface area contributed by atoms with Gasteiger partial charge in [-0.3, -0.25) is 4.90 Å². The quantitative estimate of drug-likeness (QED) is 0.238. The molecule has 2 aliphatic heterocycles. The summed E-state index contributed by atoms with van der Waals surface area (Å²) in [4.78, 5) is 2.77. The molecule has 0 saturated carbocycles. The molecule has 0 aromatic heterocycles. The number of halogens is 1. The maximum atomic E-state index is 14.0. The summed E-state index contributed by atoms with van der Waals surface area (Å²) in [5, 5.41) is 4.43. The average Bonchev–Trinajstić information content (AvgIpc) is 3.53. The van der Waals surface area contributed by atoms with Crippen LogP contribution in [0.3, 0.4) is 0 Å². The molecule has 0 radical (unpaired) electrons. The molecule has 3 unspecified atom stereocenters. The second-order valence-electron chi connectivity index (χ2n) is 11.4. The molecule has 7 rings (SSSR count). The zero-order valence-corrected chi connectivity index (χ0v) is 24.9. The van der Waals surface area contributed by atoms with Crippen molar-refractivity contribution in [1.82, 2.24) is 9.21 Å². The number of anilines is 1. The third-order valence-electron chi connectivity index (χ3n) is 9.05. The van der Waals surface area contributed by atoms with E-state index in [1.165, 1.54) is 11.1 Å². The van der Waals surface area contributed by atoms with Crippen molar-refractivity contribution in [3.63, 3.8) is 0 Å². The fourth-order valence-corrected chi connectivity index (χ4v) is 8.66. The number of hydrogen-bond acceptors (Lipinski definition) is 4. The Bertz CT molecular complexity index is 1660. The van der Waals surface area contributed by atoms with E-state index in [1.54, 1.807) is 10.4 Å². The SMILES string of the molecule is O=S(=O)(c1ccc2c(c1)C1C=CCC1C(c1cccc(Cl)c1)N2)N1CCN(C(c2ccccc2)c2ccccc2)CC1. The molecule has 42 heavy (non-hydrogen) atoms. The molecule has 2 heterocycles. The molecule has 5 nitrogen and oxygen atoms in total. The average molecular weight is 596 g/mol. The molecule has 1 aliphatic carbocycles. The molecule has 1 N–H and O–H groups in total. The molecule has 4 aromatic carbocycles. The number of allylic oxidation sites excluding steroid dienone is 2. The molecule has 0 amide bonds. The first-order valence-corrected chi connectivity index (χ1v) is 16.5. The van der Waals surface area contributed by atoms with Crippen LogP contribution in [0.15, 0.2) is 120 Å². The first-order valence-electron chi connectivity index (χ1n) is 14.7. The lowest BCUT2D eigenvalue weighted by Gasteiger charge is -2.40. The van der Waals surface area contributed by atoms with Gasteiger partial charge in [-0.25, -0.2) is 8.42 Å². The predicted octanol–water partition coefficient (Wildman–Crippen LogP) is 7.26. The number of fused-ring (bicyclic) bond motifs is 3. The largest absolute Gasteiger partial charge is 0.378 e. The Hall–Kier alpha value is -3.42. The number of nitrogens with zero attached hydrogens (tertiary/aromatic N) is 2. The van der Waals surface area contributed by atoms with E-state index in [-0.39, 0.29) is 18.0 Å². The summed E-state index contributed by atoms with van der Waals surface area (Å²) in [5.41, 5.74) is 5.64. The van der Waals surface area contributed by atoms with Crippen molar-refractivity contribution in [3.8, 4) is 0 Å². The van der Waals surface area contributed by atoms with Gasteiger partial charge < -0.3 is 5.32 Å². The molecule has 4 aromatic rings. The van der Waals surface area contributed by atoms with E-state index in [4.69, 9.17) is 11.6 Å². The minimum Gasteiger partial charge on any atom is -0.378 e. The van der Waals surface area contributed by atoms with Crippen molar-refractivity contribution < 1.29 is 8.42 Å². The summed E-state index contributed by atoms with van der Waals surface area (Å²) >= 11 is 6.32. The van der Waals surface area contributed by atoms with Gasteiger partial charge in [-0.05, 0) is 64.9 Å². The molecule has 3 aliphatic rings. The summed E-state index contributed by atoms with van der Waals surface area (Å²) in [6.45, 7) is 2.23. The van der Waals surface area contributed by atoms with Gasteiger partial charge in [-0.15, -0.1) is 0 Å².